The summed E-state index contributed by atoms with van der Waals surface area (Å²) in [4.78, 5) is 12.0. The van der Waals surface area contributed by atoms with Crippen LogP contribution in [0.3, 0.4) is 0 Å². The number of hydrogen-bond acceptors (Lipinski definition) is 3. The zero-order chi connectivity index (χ0) is 19.2. The van der Waals surface area contributed by atoms with Crippen LogP contribution in [0.2, 0.25) is 0 Å². The second-order valence-electron chi connectivity index (χ2n) is 6.10. The van der Waals surface area contributed by atoms with Gasteiger partial charge in [-0.2, -0.15) is 0 Å². The van der Waals surface area contributed by atoms with Crippen LogP contribution in [0.1, 0.15) is 13.3 Å². The Kier molecular flexibility index (Phi) is 5.77. The van der Waals surface area contributed by atoms with Gasteiger partial charge in [0.05, 0.1) is 14.2 Å². The van der Waals surface area contributed by atoms with Crippen molar-refractivity contribution >= 4 is 11.6 Å². The molecule has 3 aromatic rings. The fourth-order valence-electron chi connectivity index (χ4n) is 2.95. The van der Waals surface area contributed by atoms with E-state index in [0.717, 1.165) is 27.9 Å². The molecule has 3 aromatic carbocycles. The maximum atomic E-state index is 12.0. The van der Waals surface area contributed by atoms with Crippen LogP contribution >= 0.6 is 0 Å². The minimum Gasteiger partial charge on any atom is -0.493 e. The van der Waals surface area contributed by atoms with E-state index in [1.165, 1.54) is 0 Å². The molecule has 1 amide bonds. The van der Waals surface area contributed by atoms with Crippen molar-refractivity contribution in [2.75, 3.05) is 19.5 Å². The van der Waals surface area contributed by atoms with Crippen molar-refractivity contribution in [3.63, 3.8) is 0 Å². The van der Waals surface area contributed by atoms with Crippen molar-refractivity contribution in [3.8, 4) is 33.8 Å². The predicted molar refractivity (Wildman–Crippen MR) is 109 cm³/mol. The van der Waals surface area contributed by atoms with Gasteiger partial charge in [0.1, 0.15) is 0 Å². The van der Waals surface area contributed by atoms with E-state index in [-0.39, 0.29) is 5.91 Å². The van der Waals surface area contributed by atoms with Crippen LogP contribution in [0.4, 0.5) is 5.69 Å². The molecule has 0 unspecified atom stereocenters. The largest absolute Gasteiger partial charge is 0.493 e. The molecular weight excluding hydrogens is 338 g/mol. The van der Waals surface area contributed by atoms with Crippen molar-refractivity contribution < 1.29 is 14.3 Å². The molecule has 0 aliphatic rings. The van der Waals surface area contributed by atoms with Gasteiger partial charge in [0.15, 0.2) is 11.5 Å². The SMILES string of the molecule is CCC(=O)Nc1cc(-c2ccc(OC)c(OC)c2)ccc1-c1ccccc1. The van der Waals surface area contributed by atoms with Gasteiger partial charge in [-0.25, -0.2) is 0 Å². The van der Waals surface area contributed by atoms with Gasteiger partial charge < -0.3 is 14.8 Å². The molecule has 27 heavy (non-hydrogen) atoms. The zero-order valence-corrected chi connectivity index (χ0v) is 15.8. The van der Waals surface area contributed by atoms with Gasteiger partial charge in [0.2, 0.25) is 5.91 Å². The van der Waals surface area contributed by atoms with Crippen LogP contribution in [0.25, 0.3) is 22.3 Å². The molecule has 0 radical (unpaired) electrons. The number of carbonyl (C=O) groups is 1. The Morgan fingerprint density at radius 2 is 1.48 bits per heavy atom. The monoisotopic (exact) mass is 361 g/mol. The maximum Gasteiger partial charge on any atom is 0.224 e. The van der Waals surface area contributed by atoms with Crippen LogP contribution in [0.5, 0.6) is 11.5 Å². The molecule has 0 aliphatic heterocycles. The summed E-state index contributed by atoms with van der Waals surface area (Å²) in [6, 6.07) is 21.9. The second-order valence-corrected chi connectivity index (χ2v) is 6.10. The molecule has 0 atom stereocenters. The highest BCUT2D eigenvalue weighted by Crippen LogP contribution is 2.36. The van der Waals surface area contributed by atoms with Gasteiger partial charge in [0.25, 0.3) is 0 Å². The normalized spacial score (nSPS) is 10.3. The number of amides is 1. The molecule has 0 bridgehead atoms. The summed E-state index contributed by atoms with van der Waals surface area (Å²) in [6.45, 7) is 1.84. The first kappa shape index (κ1) is 18.5. The van der Waals surface area contributed by atoms with Gasteiger partial charge in [-0.1, -0.05) is 55.5 Å². The van der Waals surface area contributed by atoms with E-state index < -0.39 is 0 Å². The summed E-state index contributed by atoms with van der Waals surface area (Å²) < 4.78 is 10.7. The van der Waals surface area contributed by atoms with Gasteiger partial charge >= 0.3 is 0 Å². The molecular formula is C23H23NO3. The average molecular weight is 361 g/mol. The van der Waals surface area contributed by atoms with Crippen LogP contribution in [-0.2, 0) is 4.79 Å². The standard InChI is InChI=1S/C23H23NO3/c1-4-23(25)24-20-14-17(10-12-19(20)16-8-6-5-7-9-16)18-11-13-21(26-2)22(15-18)27-3/h5-15H,4H2,1-3H3,(H,24,25). The molecule has 0 heterocycles. The van der Waals surface area contributed by atoms with Crippen LogP contribution < -0.4 is 14.8 Å². The van der Waals surface area contributed by atoms with E-state index in [0.29, 0.717) is 17.9 Å². The Bertz CT molecular complexity index is 936. The molecule has 3 rings (SSSR count). The topological polar surface area (TPSA) is 47.6 Å². The number of ether oxygens (including phenoxy) is 2. The second kappa shape index (κ2) is 8.41. The smallest absolute Gasteiger partial charge is 0.224 e. The lowest BCUT2D eigenvalue weighted by atomic mass is 9.98. The summed E-state index contributed by atoms with van der Waals surface area (Å²) in [5.74, 6) is 1.33. The van der Waals surface area contributed by atoms with E-state index in [9.17, 15) is 4.79 Å². The summed E-state index contributed by atoms with van der Waals surface area (Å²) in [7, 11) is 3.23. The number of rotatable bonds is 6. The Labute approximate surface area is 159 Å². The minimum atomic E-state index is -0.0170. The van der Waals surface area contributed by atoms with Crippen LogP contribution in [-0.4, -0.2) is 20.1 Å². The Balaban J connectivity index is 2.08. The van der Waals surface area contributed by atoms with Crippen molar-refractivity contribution in [1.82, 2.24) is 0 Å². The van der Waals surface area contributed by atoms with Crippen LogP contribution in [0.15, 0.2) is 66.7 Å². The van der Waals surface area contributed by atoms with E-state index in [2.05, 4.69) is 5.32 Å². The zero-order valence-electron chi connectivity index (χ0n) is 15.8. The molecule has 4 nitrogen and oxygen atoms in total. The number of hydrogen-bond donors (Lipinski definition) is 1. The summed E-state index contributed by atoms with van der Waals surface area (Å²) in [5, 5.41) is 3.03. The summed E-state index contributed by atoms with van der Waals surface area (Å²) >= 11 is 0. The highest BCUT2D eigenvalue weighted by molar-refractivity contribution is 5.96. The summed E-state index contributed by atoms with van der Waals surface area (Å²) in [6.07, 6.45) is 0.425. The first-order valence-corrected chi connectivity index (χ1v) is 8.88. The first-order valence-electron chi connectivity index (χ1n) is 8.88. The van der Waals surface area contributed by atoms with Crippen molar-refractivity contribution in [1.29, 1.82) is 0 Å². The molecule has 4 heteroatoms. The number of methoxy groups -OCH3 is 2. The van der Waals surface area contributed by atoms with Gasteiger partial charge in [-0.3, -0.25) is 4.79 Å². The van der Waals surface area contributed by atoms with E-state index in [4.69, 9.17) is 9.47 Å². The maximum absolute atomic E-state index is 12.0. The number of carbonyl (C=O) groups excluding carboxylic acids is 1. The summed E-state index contributed by atoms with van der Waals surface area (Å²) in [5.41, 5.74) is 4.81. The van der Waals surface area contributed by atoms with Crippen LogP contribution in [0, 0.1) is 0 Å². The average Bonchev–Trinajstić information content (AvgIpc) is 2.73. The highest BCUT2D eigenvalue weighted by Gasteiger charge is 2.12. The fourth-order valence-corrected chi connectivity index (χ4v) is 2.95. The van der Waals surface area contributed by atoms with Gasteiger partial charge in [0, 0.05) is 17.7 Å². The number of benzene rings is 3. The van der Waals surface area contributed by atoms with E-state index in [1.807, 2.05) is 73.7 Å². The Morgan fingerprint density at radius 1 is 0.815 bits per heavy atom. The lowest BCUT2D eigenvalue weighted by Crippen LogP contribution is -2.10. The van der Waals surface area contributed by atoms with Gasteiger partial charge in [-0.05, 0) is 34.9 Å². The molecule has 0 aliphatic carbocycles. The Hall–Kier alpha value is -3.27. The third kappa shape index (κ3) is 4.11. The highest BCUT2D eigenvalue weighted by atomic mass is 16.5. The molecule has 1 N–H and O–H groups in total. The van der Waals surface area contributed by atoms with Crippen molar-refractivity contribution in [2.45, 2.75) is 13.3 Å². The lowest BCUT2D eigenvalue weighted by molar-refractivity contribution is -0.115. The number of anilines is 1. The molecule has 0 fully saturated rings. The van der Waals surface area contributed by atoms with E-state index in [1.54, 1.807) is 14.2 Å². The lowest BCUT2D eigenvalue weighted by Gasteiger charge is -2.14. The van der Waals surface area contributed by atoms with Crippen molar-refractivity contribution in [2.24, 2.45) is 0 Å². The Morgan fingerprint density at radius 3 is 2.15 bits per heavy atom. The first-order chi connectivity index (χ1) is 13.2. The van der Waals surface area contributed by atoms with E-state index >= 15 is 0 Å². The molecule has 0 saturated carbocycles. The minimum absolute atomic E-state index is 0.0170. The third-order valence-corrected chi connectivity index (χ3v) is 4.42. The molecule has 0 saturated heterocycles. The molecule has 138 valence electrons. The van der Waals surface area contributed by atoms with Crippen molar-refractivity contribution in [3.05, 3.63) is 66.7 Å². The fraction of sp³-hybridized carbons (Fsp3) is 0.174. The predicted octanol–water partition coefficient (Wildman–Crippen LogP) is 5.39. The number of nitrogens with one attached hydrogen (secondary N) is 1. The molecule has 0 spiro atoms. The third-order valence-electron chi connectivity index (χ3n) is 4.42. The molecule has 0 aromatic heterocycles. The quantitative estimate of drug-likeness (QED) is 0.641. The van der Waals surface area contributed by atoms with Gasteiger partial charge in [-0.15, -0.1) is 0 Å².